The second-order valence-corrected chi connectivity index (χ2v) is 8.42. The number of carbonyl (C=O) groups is 3. The average molecular weight is 426 g/mol. The maximum atomic E-state index is 12.8. The van der Waals surface area contributed by atoms with E-state index in [0.717, 1.165) is 35.3 Å². The maximum absolute atomic E-state index is 12.8. The molecule has 0 atom stereocenters. The van der Waals surface area contributed by atoms with Gasteiger partial charge in [-0.1, -0.05) is 31.4 Å². The van der Waals surface area contributed by atoms with E-state index in [-0.39, 0.29) is 25.5 Å². The van der Waals surface area contributed by atoms with Crippen molar-refractivity contribution in [2.75, 3.05) is 6.54 Å². The van der Waals surface area contributed by atoms with Crippen molar-refractivity contribution in [3.63, 3.8) is 0 Å². The van der Waals surface area contributed by atoms with Crippen LogP contribution >= 0.6 is 0 Å². The Kier molecular flexibility index (Phi) is 5.56. The zero-order valence-electron chi connectivity index (χ0n) is 17.8. The number of ether oxygens (including phenoxy) is 1. The number of amides is 3. The first-order chi connectivity index (χ1) is 14.8. The maximum Gasteiger partial charge on any atom is 0.336 e. The van der Waals surface area contributed by atoms with Gasteiger partial charge in [-0.3, -0.25) is 14.5 Å². The van der Waals surface area contributed by atoms with Crippen LogP contribution in [0.3, 0.4) is 0 Å². The minimum atomic E-state index is -0.799. The number of fused-ring (bicyclic) bond motifs is 1. The molecule has 1 aliphatic carbocycles. The minimum absolute atomic E-state index is 0.0266. The molecular formula is C23H26N2O6. The number of imide groups is 1. The molecule has 0 bridgehead atoms. The monoisotopic (exact) mass is 426 g/mol. The first kappa shape index (κ1) is 21.1. The van der Waals surface area contributed by atoms with Gasteiger partial charge in [0.05, 0.1) is 6.42 Å². The predicted molar refractivity (Wildman–Crippen MR) is 112 cm³/mol. The van der Waals surface area contributed by atoms with Crippen LogP contribution in [0.2, 0.25) is 0 Å². The predicted octanol–water partition coefficient (Wildman–Crippen LogP) is 3.10. The van der Waals surface area contributed by atoms with E-state index in [1.54, 1.807) is 0 Å². The number of esters is 1. The van der Waals surface area contributed by atoms with Crippen molar-refractivity contribution in [1.29, 1.82) is 0 Å². The standard InChI is InChI=1S/C23H26N2O6/c1-14-6-7-17-16(12-19(27)31-20(17)15(14)2)13-30-18(26)8-11-25-21(28)23(24-22(25)29)9-4-3-5-10-23/h6-7,12H,3-5,8-11,13H2,1-2H3,(H,24,29). The molecule has 0 radical (unpaired) electrons. The molecule has 0 unspecified atom stereocenters. The Labute approximate surface area is 179 Å². The van der Waals surface area contributed by atoms with Crippen LogP contribution in [0.4, 0.5) is 4.79 Å². The van der Waals surface area contributed by atoms with E-state index in [1.807, 2.05) is 26.0 Å². The molecule has 1 aromatic heterocycles. The summed E-state index contributed by atoms with van der Waals surface area (Å²) in [6.45, 7) is 3.68. The van der Waals surface area contributed by atoms with Crippen molar-refractivity contribution >= 4 is 28.9 Å². The van der Waals surface area contributed by atoms with Gasteiger partial charge in [-0.2, -0.15) is 0 Å². The zero-order chi connectivity index (χ0) is 22.2. The van der Waals surface area contributed by atoms with Gasteiger partial charge in [0.2, 0.25) is 0 Å². The van der Waals surface area contributed by atoms with E-state index in [4.69, 9.17) is 9.15 Å². The van der Waals surface area contributed by atoms with Gasteiger partial charge >= 0.3 is 17.6 Å². The Morgan fingerprint density at radius 2 is 1.90 bits per heavy atom. The molecule has 2 aromatic rings. The minimum Gasteiger partial charge on any atom is -0.461 e. The first-order valence-corrected chi connectivity index (χ1v) is 10.6. The fourth-order valence-corrected chi connectivity index (χ4v) is 4.45. The smallest absolute Gasteiger partial charge is 0.336 e. The summed E-state index contributed by atoms with van der Waals surface area (Å²) in [6.07, 6.45) is 4.04. The van der Waals surface area contributed by atoms with E-state index >= 15 is 0 Å². The van der Waals surface area contributed by atoms with Crippen LogP contribution in [0.5, 0.6) is 0 Å². The average Bonchev–Trinajstić information content (AvgIpc) is 2.97. The number of hydrogen-bond acceptors (Lipinski definition) is 6. The molecule has 2 heterocycles. The normalized spacial score (nSPS) is 17.9. The lowest BCUT2D eigenvalue weighted by molar-refractivity contribution is -0.145. The van der Waals surface area contributed by atoms with E-state index < -0.39 is 23.2 Å². The molecule has 164 valence electrons. The number of benzene rings is 1. The fraction of sp³-hybridized carbons (Fsp3) is 0.478. The summed E-state index contributed by atoms with van der Waals surface area (Å²) >= 11 is 0. The largest absolute Gasteiger partial charge is 0.461 e. The van der Waals surface area contributed by atoms with Crippen LogP contribution in [0.15, 0.2) is 27.4 Å². The molecule has 4 rings (SSSR count). The molecule has 31 heavy (non-hydrogen) atoms. The molecule has 2 aliphatic rings. The van der Waals surface area contributed by atoms with E-state index in [2.05, 4.69) is 5.32 Å². The number of urea groups is 1. The van der Waals surface area contributed by atoms with Gasteiger partial charge < -0.3 is 14.5 Å². The third-order valence-corrected chi connectivity index (χ3v) is 6.40. The molecular weight excluding hydrogens is 400 g/mol. The summed E-state index contributed by atoms with van der Waals surface area (Å²) in [5.41, 5.74) is 1.58. The first-order valence-electron chi connectivity index (χ1n) is 10.6. The second-order valence-electron chi connectivity index (χ2n) is 8.42. The molecule has 1 N–H and O–H groups in total. The highest BCUT2D eigenvalue weighted by molar-refractivity contribution is 6.07. The number of hydrogen-bond donors (Lipinski definition) is 1. The van der Waals surface area contributed by atoms with Gasteiger partial charge in [0, 0.05) is 23.6 Å². The van der Waals surface area contributed by atoms with Crippen molar-refractivity contribution < 1.29 is 23.5 Å². The molecule has 8 heteroatoms. The molecule has 1 aromatic carbocycles. The van der Waals surface area contributed by atoms with Crippen LogP contribution in [0.25, 0.3) is 11.0 Å². The van der Waals surface area contributed by atoms with Gasteiger partial charge in [0.25, 0.3) is 5.91 Å². The molecule has 8 nitrogen and oxygen atoms in total. The Bertz CT molecular complexity index is 1110. The van der Waals surface area contributed by atoms with Gasteiger partial charge in [0.1, 0.15) is 17.7 Å². The number of nitrogens with zero attached hydrogens (tertiary/aromatic N) is 1. The van der Waals surface area contributed by atoms with Crippen molar-refractivity contribution in [2.24, 2.45) is 0 Å². The van der Waals surface area contributed by atoms with E-state index in [9.17, 15) is 19.2 Å². The summed E-state index contributed by atoms with van der Waals surface area (Å²) in [7, 11) is 0. The zero-order valence-corrected chi connectivity index (χ0v) is 17.8. The van der Waals surface area contributed by atoms with Crippen LogP contribution in [0, 0.1) is 13.8 Å². The number of rotatable bonds is 5. The highest BCUT2D eigenvalue weighted by atomic mass is 16.5. The lowest BCUT2D eigenvalue weighted by atomic mass is 9.82. The molecule has 2 fully saturated rings. The van der Waals surface area contributed by atoms with Crippen molar-refractivity contribution in [3.8, 4) is 0 Å². The van der Waals surface area contributed by atoms with Gasteiger partial charge in [-0.15, -0.1) is 0 Å². The second kappa shape index (κ2) is 8.17. The number of aryl methyl sites for hydroxylation is 2. The third-order valence-electron chi connectivity index (χ3n) is 6.40. The Hall–Kier alpha value is -3.16. The third kappa shape index (κ3) is 3.94. The SMILES string of the molecule is Cc1ccc2c(COC(=O)CCN3C(=O)NC4(CCCCC4)C3=O)cc(=O)oc2c1C. The summed E-state index contributed by atoms with van der Waals surface area (Å²) in [5.74, 6) is -0.794. The molecule has 3 amide bonds. The van der Waals surface area contributed by atoms with Crippen LogP contribution in [0.1, 0.15) is 55.2 Å². The van der Waals surface area contributed by atoms with E-state index in [1.165, 1.54) is 6.07 Å². The molecule has 1 saturated carbocycles. The van der Waals surface area contributed by atoms with Crippen LogP contribution < -0.4 is 10.9 Å². The van der Waals surface area contributed by atoms with Gasteiger partial charge in [-0.25, -0.2) is 9.59 Å². The highest BCUT2D eigenvalue weighted by Gasteiger charge is 2.51. The van der Waals surface area contributed by atoms with E-state index in [0.29, 0.717) is 29.4 Å². The van der Waals surface area contributed by atoms with Crippen LogP contribution in [-0.2, 0) is 20.9 Å². The van der Waals surface area contributed by atoms with Crippen molar-refractivity contribution in [3.05, 3.63) is 45.3 Å². The summed E-state index contributed by atoms with van der Waals surface area (Å²) in [5, 5.41) is 3.54. The molecule has 1 spiro atoms. The lowest BCUT2D eigenvalue weighted by Gasteiger charge is -2.30. The number of nitrogens with one attached hydrogen (secondary N) is 1. The topological polar surface area (TPSA) is 106 Å². The number of carbonyl (C=O) groups excluding carboxylic acids is 3. The van der Waals surface area contributed by atoms with Crippen molar-refractivity contribution in [2.45, 2.75) is 64.5 Å². The Morgan fingerprint density at radius 3 is 2.65 bits per heavy atom. The summed E-state index contributed by atoms with van der Waals surface area (Å²) in [4.78, 5) is 50.4. The van der Waals surface area contributed by atoms with Gasteiger partial charge in [-0.05, 0) is 37.8 Å². The van der Waals surface area contributed by atoms with Gasteiger partial charge in [0.15, 0.2) is 0 Å². The summed E-state index contributed by atoms with van der Waals surface area (Å²) < 4.78 is 10.7. The quantitative estimate of drug-likeness (QED) is 0.447. The van der Waals surface area contributed by atoms with Crippen molar-refractivity contribution in [1.82, 2.24) is 10.2 Å². The lowest BCUT2D eigenvalue weighted by Crippen LogP contribution is -2.48. The highest BCUT2D eigenvalue weighted by Crippen LogP contribution is 2.33. The fourth-order valence-electron chi connectivity index (χ4n) is 4.45. The Balaban J connectivity index is 1.39. The Morgan fingerprint density at radius 1 is 1.16 bits per heavy atom. The molecule has 1 saturated heterocycles. The molecule has 1 aliphatic heterocycles. The summed E-state index contributed by atoms with van der Waals surface area (Å²) in [6, 6.07) is 4.62. The van der Waals surface area contributed by atoms with Crippen LogP contribution in [-0.4, -0.2) is 34.9 Å².